The predicted molar refractivity (Wildman–Crippen MR) is 121 cm³/mol. The number of aliphatic imine (C=N–C) groups is 1. The van der Waals surface area contributed by atoms with Crippen LogP contribution < -0.4 is 15.5 Å². The van der Waals surface area contributed by atoms with Gasteiger partial charge >= 0.3 is 0 Å². The summed E-state index contributed by atoms with van der Waals surface area (Å²) in [4.78, 5) is 6.78. The highest BCUT2D eigenvalue weighted by atomic mass is 127. The van der Waals surface area contributed by atoms with E-state index in [1.165, 1.54) is 11.3 Å². The molecule has 0 aromatic heterocycles. The summed E-state index contributed by atoms with van der Waals surface area (Å²) >= 11 is 0. The minimum atomic E-state index is -2.98. The van der Waals surface area contributed by atoms with Gasteiger partial charge in [0.15, 0.2) is 15.8 Å². The largest absolute Gasteiger partial charge is 0.369 e. The van der Waals surface area contributed by atoms with Gasteiger partial charge in [-0.25, -0.2) is 8.42 Å². The summed E-state index contributed by atoms with van der Waals surface area (Å²) in [6.07, 6.45) is 1.03. The van der Waals surface area contributed by atoms with Gasteiger partial charge in [-0.2, -0.15) is 0 Å². The maximum atomic E-state index is 11.6. The third-order valence-corrected chi connectivity index (χ3v) is 6.07. The first-order valence-corrected chi connectivity index (χ1v) is 10.8. The van der Waals surface area contributed by atoms with Gasteiger partial charge in [0.2, 0.25) is 0 Å². The third kappa shape index (κ3) is 7.30. The van der Waals surface area contributed by atoms with Crippen molar-refractivity contribution in [3.8, 4) is 0 Å². The Bertz CT molecular complexity index is 677. The molecule has 1 aromatic carbocycles. The molecule has 2 N–H and O–H groups in total. The fraction of sp³-hybridized carbons (Fsp3) is 0.611. The monoisotopic (exact) mass is 494 g/mol. The molecular weight excluding hydrogens is 463 g/mol. The Kier molecular flexibility index (Phi) is 9.70. The molecule has 1 fully saturated rings. The second-order valence-electron chi connectivity index (χ2n) is 6.41. The molecule has 6 nitrogen and oxygen atoms in total. The van der Waals surface area contributed by atoms with Crippen LogP contribution in [-0.4, -0.2) is 58.1 Å². The number of guanidine groups is 1. The van der Waals surface area contributed by atoms with Gasteiger partial charge in [0.25, 0.3) is 0 Å². The van der Waals surface area contributed by atoms with E-state index >= 15 is 0 Å². The first-order valence-electron chi connectivity index (χ1n) is 9.00. The first kappa shape index (κ1) is 23.0. The zero-order chi connectivity index (χ0) is 18.3. The van der Waals surface area contributed by atoms with Crippen molar-refractivity contribution in [1.29, 1.82) is 0 Å². The Hall–Kier alpha value is -1.03. The maximum absolute atomic E-state index is 11.6. The molecule has 1 aliphatic rings. The van der Waals surface area contributed by atoms with Gasteiger partial charge in [-0.1, -0.05) is 24.6 Å². The van der Waals surface area contributed by atoms with Crippen molar-refractivity contribution >= 4 is 45.5 Å². The van der Waals surface area contributed by atoms with Crippen molar-refractivity contribution in [1.82, 2.24) is 10.6 Å². The first-order chi connectivity index (χ1) is 11.9. The van der Waals surface area contributed by atoms with Crippen LogP contribution in [0.4, 0.5) is 5.69 Å². The number of anilines is 1. The maximum Gasteiger partial charge on any atom is 0.191 e. The molecule has 0 bridgehead atoms. The van der Waals surface area contributed by atoms with E-state index in [1.54, 1.807) is 6.92 Å². The van der Waals surface area contributed by atoms with E-state index in [1.807, 2.05) is 6.92 Å². The summed E-state index contributed by atoms with van der Waals surface area (Å²) < 4.78 is 23.2. The van der Waals surface area contributed by atoms with Crippen LogP contribution in [0.1, 0.15) is 25.8 Å². The number of benzene rings is 1. The van der Waals surface area contributed by atoms with E-state index in [0.717, 1.165) is 26.1 Å². The number of hydrogen-bond donors (Lipinski definition) is 2. The molecule has 1 unspecified atom stereocenters. The van der Waals surface area contributed by atoms with Crippen molar-refractivity contribution in [2.75, 3.05) is 42.6 Å². The van der Waals surface area contributed by atoms with Crippen LogP contribution in [0.15, 0.2) is 29.3 Å². The number of aryl methyl sites for hydroxylation is 1. The van der Waals surface area contributed by atoms with Crippen LogP contribution >= 0.6 is 24.0 Å². The summed E-state index contributed by atoms with van der Waals surface area (Å²) in [6, 6.07) is 8.90. The summed E-state index contributed by atoms with van der Waals surface area (Å²) in [5, 5.41) is 6.64. The van der Waals surface area contributed by atoms with Crippen LogP contribution in [0.3, 0.4) is 0 Å². The minimum Gasteiger partial charge on any atom is -0.369 e. The standard InChI is InChI=1S/C18H30N4O2S.HI/c1-4-19-18(20-11-13-25(23,24)5-2)21-16-10-12-22(14-16)17-8-6-15(3)7-9-17;/h6-9,16H,4-5,10-14H2,1-3H3,(H2,19,20,21);1H. The predicted octanol–water partition coefficient (Wildman–Crippen LogP) is 2.18. The van der Waals surface area contributed by atoms with Crippen LogP contribution in [0, 0.1) is 6.92 Å². The van der Waals surface area contributed by atoms with Crippen molar-refractivity contribution < 1.29 is 8.42 Å². The van der Waals surface area contributed by atoms with Crippen molar-refractivity contribution in [2.24, 2.45) is 4.99 Å². The molecule has 0 spiro atoms. The lowest BCUT2D eigenvalue weighted by molar-refractivity contribution is 0.597. The quantitative estimate of drug-likeness (QED) is 0.346. The highest BCUT2D eigenvalue weighted by molar-refractivity contribution is 14.0. The molecule has 0 radical (unpaired) electrons. The number of nitrogens with zero attached hydrogens (tertiary/aromatic N) is 2. The molecule has 0 aliphatic carbocycles. The summed E-state index contributed by atoms with van der Waals surface area (Å²) in [7, 11) is -2.98. The lowest BCUT2D eigenvalue weighted by Gasteiger charge is -2.20. The molecule has 2 rings (SSSR count). The van der Waals surface area contributed by atoms with Gasteiger partial charge < -0.3 is 15.5 Å². The molecule has 26 heavy (non-hydrogen) atoms. The highest BCUT2D eigenvalue weighted by Crippen LogP contribution is 2.20. The molecule has 1 aliphatic heterocycles. The lowest BCUT2D eigenvalue weighted by Crippen LogP contribution is -2.44. The normalized spacial score (nSPS) is 17.7. The van der Waals surface area contributed by atoms with Crippen LogP contribution in [-0.2, 0) is 9.84 Å². The average Bonchev–Trinajstić information content (AvgIpc) is 3.04. The highest BCUT2D eigenvalue weighted by Gasteiger charge is 2.23. The Balaban J connectivity index is 0.00000338. The molecule has 1 atom stereocenters. The van der Waals surface area contributed by atoms with Gasteiger partial charge in [-0.3, -0.25) is 4.99 Å². The number of halogens is 1. The SMILES string of the molecule is CCNC(=NCCS(=O)(=O)CC)NC1CCN(c2ccc(C)cc2)C1.I. The Labute approximate surface area is 174 Å². The van der Waals surface area contributed by atoms with Gasteiger partial charge in [0.1, 0.15) is 0 Å². The molecule has 1 saturated heterocycles. The van der Waals surface area contributed by atoms with Crippen molar-refractivity contribution in [3.05, 3.63) is 29.8 Å². The van der Waals surface area contributed by atoms with Crippen molar-refractivity contribution in [3.63, 3.8) is 0 Å². The Morgan fingerprint density at radius 2 is 1.96 bits per heavy atom. The molecule has 148 valence electrons. The fourth-order valence-corrected chi connectivity index (χ4v) is 3.48. The zero-order valence-corrected chi connectivity index (χ0v) is 19.0. The van der Waals surface area contributed by atoms with E-state index in [-0.39, 0.29) is 35.5 Å². The fourth-order valence-electron chi connectivity index (χ4n) is 2.82. The zero-order valence-electron chi connectivity index (χ0n) is 15.9. The minimum absolute atomic E-state index is 0. The topological polar surface area (TPSA) is 73.8 Å². The molecular formula is C18H31IN4O2S. The summed E-state index contributed by atoms with van der Waals surface area (Å²) in [6.45, 7) is 8.73. The Morgan fingerprint density at radius 3 is 2.58 bits per heavy atom. The van der Waals surface area contributed by atoms with Crippen LogP contribution in [0.2, 0.25) is 0 Å². The average molecular weight is 494 g/mol. The van der Waals surface area contributed by atoms with E-state index in [0.29, 0.717) is 18.5 Å². The number of sulfone groups is 1. The second-order valence-corrected chi connectivity index (χ2v) is 8.88. The van der Waals surface area contributed by atoms with E-state index < -0.39 is 9.84 Å². The van der Waals surface area contributed by atoms with E-state index in [4.69, 9.17) is 0 Å². The number of nitrogens with one attached hydrogen (secondary N) is 2. The lowest BCUT2D eigenvalue weighted by atomic mass is 10.2. The van der Waals surface area contributed by atoms with Gasteiger partial charge in [0, 0.05) is 37.1 Å². The van der Waals surface area contributed by atoms with Gasteiger partial charge in [-0.05, 0) is 32.4 Å². The molecule has 0 amide bonds. The molecule has 1 heterocycles. The second kappa shape index (κ2) is 11.0. The van der Waals surface area contributed by atoms with Gasteiger partial charge in [0.05, 0.1) is 12.3 Å². The number of rotatable bonds is 7. The van der Waals surface area contributed by atoms with Gasteiger partial charge in [-0.15, -0.1) is 24.0 Å². The van der Waals surface area contributed by atoms with Crippen LogP contribution in [0.25, 0.3) is 0 Å². The molecule has 0 saturated carbocycles. The third-order valence-electron chi connectivity index (χ3n) is 4.38. The number of hydrogen-bond acceptors (Lipinski definition) is 4. The van der Waals surface area contributed by atoms with E-state index in [2.05, 4.69) is 51.7 Å². The van der Waals surface area contributed by atoms with Crippen molar-refractivity contribution in [2.45, 2.75) is 33.2 Å². The Morgan fingerprint density at radius 1 is 1.27 bits per heavy atom. The molecule has 8 heteroatoms. The summed E-state index contributed by atoms with van der Waals surface area (Å²) in [5.41, 5.74) is 2.51. The van der Waals surface area contributed by atoms with E-state index in [9.17, 15) is 8.42 Å². The summed E-state index contributed by atoms with van der Waals surface area (Å²) in [5.74, 6) is 0.963. The van der Waals surface area contributed by atoms with Crippen LogP contribution in [0.5, 0.6) is 0 Å². The molecule has 1 aromatic rings. The smallest absolute Gasteiger partial charge is 0.191 e.